The Morgan fingerprint density at radius 3 is 2.65 bits per heavy atom. The molecule has 1 aliphatic carbocycles. The molecule has 20 heavy (non-hydrogen) atoms. The number of rotatable bonds is 8. The van der Waals surface area contributed by atoms with Gasteiger partial charge in [-0.05, 0) is 31.1 Å². The Morgan fingerprint density at radius 2 is 2.10 bits per heavy atom. The summed E-state index contributed by atoms with van der Waals surface area (Å²) >= 11 is 0. The van der Waals surface area contributed by atoms with Gasteiger partial charge in [-0.15, -0.1) is 0 Å². The molecule has 0 aromatic carbocycles. The Hall–Kier alpha value is -1.10. The van der Waals surface area contributed by atoms with Gasteiger partial charge in [-0.25, -0.2) is 0 Å². The topological polar surface area (TPSA) is 75.6 Å². The van der Waals surface area contributed by atoms with E-state index in [-0.39, 0.29) is 12.0 Å². The second-order valence-electron chi connectivity index (χ2n) is 5.78. The molecule has 3 unspecified atom stereocenters. The van der Waals surface area contributed by atoms with Crippen LogP contribution in [0.25, 0.3) is 0 Å². The standard InChI is InChI=1S/C15H27NO4/c1-4-5-6-13(15(18)19)16-12-8-7-11(10(12)2)9-14(17)20-3/h10-13,16H,4-9H2,1-3H3,(H,18,19)/t10?,11?,12?,13-/m0/s1. The smallest absolute Gasteiger partial charge is 0.320 e. The van der Waals surface area contributed by atoms with Gasteiger partial charge in [-0.1, -0.05) is 26.7 Å². The zero-order valence-corrected chi connectivity index (χ0v) is 12.7. The Kier molecular flexibility index (Phi) is 6.99. The summed E-state index contributed by atoms with van der Waals surface area (Å²) in [4.78, 5) is 22.6. The molecule has 116 valence electrons. The van der Waals surface area contributed by atoms with Crippen molar-refractivity contribution in [3.8, 4) is 0 Å². The zero-order chi connectivity index (χ0) is 15.1. The molecule has 1 fully saturated rings. The number of carbonyl (C=O) groups excluding carboxylic acids is 1. The lowest BCUT2D eigenvalue weighted by molar-refractivity contribution is -0.142. The van der Waals surface area contributed by atoms with Crippen LogP contribution in [-0.4, -0.2) is 36.2 Å². The molecular weight excluding hydrogens is 258 g/mol. The fourth-order valence-corrected chi connectivity index (χ4v) is 3.01. The number of aliphatic carboxylic acids is 1. The van der Waals surface area contributed by atoms with Gasteiger partial charge in [0, 0.05) is 12.5 Å². The maximum atomic E-state index is 11.4. The van der Waals surface area contributed by atoms with Crippen LogP contribution in [-0.2, 0) is 14.3 Å². The third-order valence-corrected chi connectivity index (χ3v) is 4.44. The van der Waals surface area contributed by atoms with E-state index in [1.165, 1.54) is 7.11 Å². The van der Waals surface area contributed by atoms with E-state index in [0.29, 0.717) is 24.7 Å². The molecule has 0 bridgehead atoms. The predicted molar refractivity (Wildman–Crippen MR) is 76.4 cm³/mol. The molecule has 0 spiro atoms. The van der Waals surface area contributed by atoms with E-state index in [0.717, 1.165) is 25.7 Å². The van der Waals surface area contributed by atoms with Gasteiger partial charge in [-0.3, -0.25) is 9.59 Å². The van der Waals surface area contributed by atoms with E-state index in [4.69, 9.17) is 4.74 Å². The second kappa shape index (κ2) is 8.25. The molecule has 2 N–H and O–H groups in total. The van der Waals surface area contributed by atoms with Crippen LogP contribution in [0.2, 0.25) is 0 Å². The molecule has 0 aliphatic heterocycles. The summed E-state index contributed by atoms with van der Waals surface area (Å²) in [7, 11) is 1.41. The number of ether oxygens (including phenoxy) is 1. The van der Waals surface area contributed by atoms with Gasteiger partial charge in [0.25, 0.3) is 0 Å². The molecule has 1 rings (SSSR count). The zero-order valence-electron chi connectivity index (χ0n) is 12.7. The summed E-state index contributed by atoms with van der Waals surface area (Å²) in [5, 5.41) is 12.5. The van der Waals surface area contributed by atoms with Crippen LogP contribution >= 0.6 is 0 Å². The minimum Gasteiger partial charge on any atom is -0.480 e. The van der Waals surface area contributed by atoms with Crippen molar-refractivity contribution in [1.29, 1.82) is 0 Å². The minimum atomic E-state index is -0.776. The fraction of sp³-hybridized carbons (Fsp3) is 0.867. The van der Waals surface area contributed by atoms with Crippen molar-refractivity contribution in [2.24, 2.45) is 11.8 Å². The first-order chi connectivity index (χ1) is 9.49. The van der Waals surface area contributed by atoms with Gasteiger partial charge in [0.1, 0.15) is 6.04 Å². The molecule has 4 atom stereocenters. The first kappa shape index (κ1) is 17.0. The highest BCUT2D eigenvalue weighted by molar-refractivity contribution is 5.73. The number of carbonyl (C=O) groups is 2. The molecular formula is C15H27NO4. The highest BCUT2D eigenvalue weighted by atomic mass is 16.5. The van der Waals surface area contributed by atoms with Crippen molar-refractivity contribution in [2.75, 3.05) is 7.11 Å². The monoisotopic (exact) mass is 285 g/mol. The van der Waals surface area contributed by atoms with E-state index in [2.05, 4.69) is 19.2 Å². The largest absolute Gasteiger partial charge is 0.480 e. The van der Waals surface area contributed by atoms with Crippen LogP contribution in [0, 0.1) is 11.8 Å². The number of unbranched alkanes of at least 4 members (excludes halogenated alkanes) is 1. The number of esters is 1. The summed E-state index contributed by atoms with van der Waals surface area (Å²) in [5.74, 6) is -0.358. The van der Waals surface area contributed by atoms with Crippen molar-refractivity contribution in [2.45, 2.75) is 64.5 Å². The van der Waals surface area contributed by atoms with Crippen molar-refractivity contribution >= 4 is 11.9 Å². The number of hydrogen-bond donors (Lipinski definition) is 2. The van der Waals surface area contributed by atoms with Crippen molar-refractivity contribution < 1.29 is 19.4 Å². The van der Waals surface area contributed by atoms with Crippen molar-refractivity contribution in [3.05, 3.63) is 0 Å². The van der Waals surface area contributed by atoms with Crippen LogP contribution in [0.15, 0.2) is 0 Å². The molecule has 1 saturated carbocycles. The molecule has 5 heteroatoms. The minimum absolute atomic E-state index is 0.178. The molecule has 5 nitrogen and oxygen atoms in total. The first-order valence-electron chi connectivity index (χ1n) is 7.55. The molecule has 0 saturated heterocycles. The summed E-state index contributed by atoms with van der Waals surface area (Å²) in [6.45, 7) is 4.15. The van der Waals surface area contributed by atoms with Gasteiger partial charge < -0.3 is 15.2 Å². The van der Waals surface area contributed by atoms with E-state index >= 15 is 0 Å². The summed E-state index contributed by atoms with van der Waals surface area (Å²) in [5.41, 5.74) is 0. The van der Waals surface area contributed by atoms with E-state index in [1.807, 2.05) is 0 Å². The molecule has 0 amide bonds. The van der Waals surface area contributed by atoms with Gasteiger partial charge >= 0.3 is 11.9 Å². The van der Waals surface area contributed by atoms with Gasteiger partial charge in [0.2, 0.25) is 0 Å². The number of nitrogens with one attached hydrogen (secondary N) is 1. The predicted octanol–water partition coefficient (Wildman–Crippen LogP) is 2.20. The quantitative estimate of drug-likeness (QED) is 0.669. The highest BCUT2D eigenvalue weighted by Gasteiger charge is 2.36. The van der Waals surface area contributed by atoms with Crippen LogP contribution in [0.1, 0.15) is 52.4 Å². The van der Waals surface area contributed by atoms with Crippen LogP contribution in [0.3, 0.4) is 0 Å². The average Bonchev–Trinajstić information content (AvgIpc) is 2.75. The lowest BCUT2D eigenvalue weighted by atomic mass is 9.92. The average molecular weight is 285 g/mol. The summed E-state index contributed by atoms with van der Waals surface area (Å²) in [6, 6.07) is -0.290. The number of hydrogen-bond acceptors (Lipinski definition) is 4. The summed E-state index contributed by atoms with van der Waals surface area (Å²) < 4.78 is 4.71. The van der Waals surface area contributed by atoms with Crippen LogP contribution in [0.4, 0.5) is 0 Å². The Balaban J connectivity index is 2.51. The lowest BCUT2D eigenvalue weighted by Crippen LogP contribution is -2.45. The highest BCUT2D eigenvalue weighted by Crippen LogP contribution is 2.34. The molecule has 0 heterocycles. The normalized spacial score (nSPS) is 27.2. The van der Waals surface area contributed by atoms with Gasteiger partial charge in [-0.2, -0.15) is 0 Å². The van der Waals surface area contributed by atoms with E-state index in [1.54, 1.807) is 0 Å². The second-order valence-corrected chi connectivity index (χ2v) is 5.78. The molecule has 1 aliphatic rings. The lowest BCUT2D eigenvalue weighted by Gasteiger charge is -2.25. The molecule has 0 radical (unpaired) electrons. The van der Waals surface area contributed by atoms with E-state index in [9.17, 15) is 14.7 Å². The third-order valence-electron chi connectivity index (χ3n) is 4.44. The Morgan fingerprint density at radius 1 is 1.40 bits per heavy atom. The maximum absolute atomic E-state index is 11.4. The first-order valence-corrected chi connectivity index (χ1v) is 7.55. The van der Waals surface area contributed by atoms with Crippen molar-refractivity contribution in [3.63, 3.8) is 0 Å². The third kappa shape index (κ3) is 4.78. The van der Waals surface area contributed by atoms with Crippen molar-refractivity contribution in [1.82, 2.24) is 5.32 Å². The number of methoxy groups -OCH3 is 1. The SMILES string of the molecule is CCCC[C@H](NC1CCC(CC(=O)OC)C1C)C(=O)O. The molecule has 0 aromatic rings. The Labute approximate surface area is 121 Å². The number of carboxylic acids is 1. The fourth-order valence-electron chi connectivity index (χ4n) is 3.01. The van der Waals surface area contributed by atoms with E-state index < -0.39 is 12.0 Å². The van der Waals surface area contributed by atoms with Crippen LogP contribution in [0.5, 0.6) is 0 Å². The maximum Gasteiger partial charge on any atom is 0.320 e. The Bertz CT molecular complexity index is 332. The molecule has 0 aromatic heterocycles. The summed E-state index contributed by atoms with van der Waals surface area (Å²) in [6.07, 6.45) is 4.89. The van der Waals surface area contributed by atoms with Crippen LogP contribution < -0.4 is 5.32 Å². The number of carboxylic acid groups (broad SMARTS) is 1. The van der Waals surface area contributed by atoms with Gasteiger partial charge in [0.05, 0.1) is 7.11 Å². The van der Waals surface area contributed by atoms with Gasteiger partial charge in [0.15, 0.2) is 0 Å².